The lowest BCUT2D eigenvalue weighted by atomic mass is 9.98. The Labute approximate surface area is 197 Å². The molecule has 0 saturated carbocycles. The second-order valence-corrected chi connectivity index (χ2v) is 9.49. The molecule has 2 heterocycles. The van der Waals surface area contributed by atoms with Crippen LogP contribution in [0.2, 0.25) is 0 Å². The zero-order valence-corrected chi connectivity index (χ0v) is 21.0. The standard InChI is InChI=1S/C21H31N5O2S.HI/c1-22-21(25(3)17-19-8-7-13-24(19)2)23-16-18-11-14-26(15-12-18)29(27,28)20-9-5-4-6-10-20;/h4-10,13,18H,11-12,14-17H2,1-3H3,(H,22,23);1H. The third-order valence-electron chi connectivity index (χ3n) is 5.53. The van der Waals surface area contributed by atoms with Crippen LogP contribution in [0.3, 0.4) is 0 Å². The number of hydrogen-bond donors (Lipinski definition) is 1. The Morgan fingerprint density at radius 3 is 2.40 bits per heavy atom. The van der Waals surface area contributed by atoms with Crippen LogP contribution in [-0.2, 0) is 23.6 Å². The molecule has 1 aromatic heterocycles. The lowest BCUT2D eigenvalue weighted by Gasteiger charge is -2.32. The topological polar surface area (TPSA) is 69.9 Å². The van der Waals surface area contributed by atoms with E-state index in [1.54, 1.807) is 35.6 Å². The minimum atomic E-state index is -3.39. The van der Waals surface area contributed by atoms with Crippen molar-refractivity contribution >= 4 is 40.0 Å². The van der Waals surface area contributed by atoms with E-state index in [-0.39, 0.29) is 24.0 Å². The smallest absolute Gasteiger partial charge is 0.243 e. The molecular formula is C21H32IN5O2S. The number of aromatic nitrogens is 1. The average molecular weight is 545 g/mol. The van der Waals surface area contributed by atoms with Gasteiger partial charge in [0, 0.05) is 52.7 Å². The fraction of sp³-hybridized carbons (Fsp3) is 0.476. The fourth-order valence-corrected chi connectivity index (χ4v) is 5.19. The summed E-state index contributed by atoms with van der Waals surface area (Å²) in [5.74, 6) is 1.28. The monoisotopic (exact) mass is 545 g/mol. The number of aryl methyl sites for hydroxylation is 1. The van der Waals surface area contributed by atoms with Gasteiger partial charge in [0.25, 0.3) is 0 Å². The predicted octanol–water partition coefficient (Wildman–Crippen LogP) is 2.75. The van der Waals surface area contributed by atoms with E-state index >= 15 is 0 Å². The molecule has 30 heavy (non-hydrogen) atoms. The fourth-order valence-electron chi connectivity index (χ4n) is 3.69. The van der Waals surface area contributed by atoms with Crippen LogP contribution in [0, 0.1) is 5.92 Å². The summed E-state index contributed by atoms with van der Waals surface area (Å²) in [6, 6.07) is 12.8. The van der Waals surface area contributed by atoms with Crippen molar-refractivity contribution in [2.75, 3.05) is 33.7 Å². The molecule has 166 valence electrons. The number of aliphatic imine (C=N–C) groups is 1. The summed E-state index contributed by atoms with van der Waals surface area (Å²) < 4.78 is 29.2. The normalized spacial score (nSPS) is 16.2. The molecule has 0 atom stereocenters. The van der Waals surface area contributed by atoms with E-state index in [2.05, 4.69) is 25.8 Å². The van der Waals surface area contributed by atoms with Crippen molar-refractivity contribution in [1.29, 1.82) is 0 Å². The molecule has 1 N–H and O–H groups in total. The Morgan fingerprint density at radius 1 is 1.17 bits per heavy atom. The van der Waals surface area contributed by atoms with Gasteiger partial charge in [0.2, 0.25) is 10.0 Å². The van der Waals surface area contributed by atoms with E-state index in [9.17, 15) is 8.42 Å². The Kier molecular flexibility index (Phi) is 9.17. The van der Waals surface area contributed by atoms with E-state index in [1.807, 2.05) is 32.4 Å². The third kappa shape index (κ3) is 5.98. The van der Waals surface area contributed by atoms with Crippen molar-refractivity contribution in [2.24, 2.45) is 18.0 Å². The maximum absolute atomic E-state index is 12.8. The summed E-state index contributed by atoms with van der Waals surface area (Å²) in [6.45, 7) is 2.68. The first-order chi connectivity index (χ1) is 13.9. The van der Waals surface area contributed by atoms with Gasteiger partial charge in [0.05, 0.1) is 11.4 Å². The van der Waals surface area contributed by atoms with E-state index < -0.39 is 10.0 Å². The molecule has 0 unspecified atom stereocenters. The van der Waals surface area contributed by atoms with Crippen LogP contribution in [0.4, 0.5) is 0 Å². The van der Waals surface area contributed by atoms with E-state index in [0.717, 1.165) is 31.9 Å². The van der Waals surface area contributed by atoms with Crippen molar-refractivity contribution in [1.82, 2.24) is 19.1 Å². The van der Waals surface area contributed by atoms with Crippen LogP contribution in [0.1, 0.15) is 18.5 Å². The summed E-state index contributed by atoms with van der Waals surface area (Å²) >= 11 is 0. The van der Waals surface area contributed by atoms with Crippen LogP contribution in [0.5, 0.6) is 0 Å². The second-order valence-electron chi connectivity index (χ2n) is 7.56. The summed E-state index contributed by atoms with van der Waals surface area (Å²) in [7, 11) is 2.46. The van der Waals surface area contributed by atoms with Crippen molar-refractivity contribution < 1.29 is 8.42 Å². The predicted molar refractivity (Wildman–Crippen MR) is 132 cm³/mol. The molecule has 7 nitrogen and oxygen atoms in total. The number of guanidine groups is 1. The van der Waals surface area contributed by atoms with Gasteiger partial charge in [0.15, 0.2) is 5.96 Å². The molecule has 0 radical (unpaired) electrons. The first-order valence-corrected chi connectivity index (χ1v) is 11.4. The molecule has 3 rings (SSSR count). The Hall–Kier alpha value is -1.59. The highest BCUT2D eigenvalue weighted by molar-refractivity contribution is 14.0. The number of sulfonamides is 1. The van der Waals surface area contributed by atoms with Crippen LogP contribution < -0.4 is 5.32 Å². The maximum atomic E-state index is 12.8. The van der Waals surface area contributed by atoms with Crippen LogP contribution in [-0.4, -0.2) is 61.9 Å². The van der Waals surface area contributed by atoms with Crippen molar-refractivity contribution in [3.63, 3.8) is 0 Å². The molecule has 1 saturated heterocycles. The highest BCUT2D eigenvalue weighted by Crippen LogP contribution is 2.23. The first kappa shape index (κ1) is 24.7. The van der Waals surface area contributed by atoms with Gasteiger partial charge in [-0.2, -0.15) is 4.31 Å². The van der Waals surface area contributed by atoms with Gasteiger partial charge >= 0.3 is 0 Å². The van der Waals surface area contributed by atoms with Crippen molar-refractivity contribution in [3.8, 4) is 0 Å². The molecule has 0 amide bonds. The number of halogens is 1. The molecule has 0 aliphatic carbocycles. The number of hydrogen-bond acceptors (Lipinski definition) is 3. The Balaban J connectivity index is 0.00000320. The zero-order chi connectivity index (χ0) is 20.9. The number of piperidine rings is 1. The lowest BCUT2D eigenvalue weighted by Crippen LogP contribution is -2.44. The Morgan fingerprint density at radius 2 is 1.83 bits per heavy atom. The molecule has 1 aliphatic heterocycles. The van der Waals surface area contributed by atoms with Crippen LogP contribution in [0.15, 0.2) is 58.5 Å². The minimum Gasteiger partial charge on any atom is -0.356 e. The summed E-state index contributed by atoms with van der Waals surface area (Å²) in [4.78, 5) is 6.87. The molecular weight excluding hydrogens is 513 g/mol. The van der Waals surface area contributed by atoms with E-state index in [0.29, 0.717) is 23.9 Å². The van der Waals surface area contributed by atoms with Gasteiger partial charge in [-0.05, 0) is 43.0 Å². The third-order valence-corrected chi connectivity index (χ3v) is 7.44. The van der Waals surface area contributed by atoms with Gasteiger partial charge in [-0.3, -0.25) is 4.99 Å². The van der Waals surface area contributed by atoms with Gasteiger partial charge < -0.3 is 14.8 Å². The Bertz CT molecular complexity index is 922. The quantitative estimate of drug-likeness (QED) is 0.345. The van der Waals surface area contributed by atoms with Crippen LogP contribution >= 0.6 is 24.0 Å². The molecule has 1 aliphatic rings. The highest BCUT2D eigenvalue weighted by atomic mass is 127. The molecule has 9 heteroatoms. The summed E-state index contributed by atoms with van der Waals surface area (Å²) in [6.07, 6.45) is 3.73. The number of benzene rings is 1. The summed E-state index contributed by atoms with van der Waals surface area (Å²) in [5.41, 5.74) is 1.22. The molecule has 2 aromatic rings. The van der Waals surface area contributed by atoms with Gasteiger partial charge in [-0.15, -0.1) is 24.0 Å². The molecule has 0 spiro atoms. The number of nitrogens with zero attached hydrogens (tertiary/aromatic N) is 4. The largest absolute Gasteiger partial charge is 0.356 e. The first-order valence-electron chi connectivity index (χ1n) is 9.99. The molecule has 0 bridgehead atoms. The number of nitrogens with one attached hydrogen (secondary N) is 1. The SMILES string of the molecule is CN=C(NCC1CCN(S(=O)(=O)c2ccccc2)CC1)N(C)Cc1cccn1C.I. The van der Waals surface area contributed by atoms with Gasteiger partial charge in [-0.1, -0.05) is 18.2 Å². The average Bonchev–Trinajstić information content (AvgIpc) is 3.14. The second kappa shape index (κ2) is 11.1. The summed E-state index contributed by atoms with van der Waals surface area (Å²) in [5, 5.41) is 3.45. The zero-order valence-electron chi connectivity index (χ0n) is 17.9. The van der Waals surface area contributed by atoms with Crippen molar-refractivity contribution in [3.05, 3.63) is 54.4 Å². The van der Waals surface area contributed by atoms with Gasteiger partial charge in [0.1, 0.15) is 0 Å². The maximum Gasteiger partial charge on any atom is 0.243 e. The van der Waals surface area contributed by atoms with E-state index in [1.165, 1.54) is 5.69 Å². The number of rotatable bonds is 6. The van der Waals surface area contributed by atoms with E-state index in [4.69, 9.17) is 0 Å². The molecule has 1 fully saturated rings. The van der Waals surface area contributed by atoms with Crippen molar-refractivity contribution in [2.45, 2.75) is 24.3 Å². The highest BCUT2D eigenvalue weighted by Gasteiger charge is 2.29. The van der Waals surface area contributed by atoms with Gasteiger partial charge in [-0.25, -0.2) is 8.42 Å². The van der Waals surface area contributed by atoms with Crippen LogP contribution in [0.25, 0.3) is 0 Å². The minimum absolute atomic E-state index is 0. The molecule has 1 aromatic carbocycles. The lowest BCUT2D eigenvalue weighted by molar-refractivity contribution is 0.272.